The number of halogens is 3. The Kier molecular flexibility index (Phi) is 6.01. The van der Waals surface area contributed by atoms with Crippen molar-refractivity contribution in [2.24, 2.45) is 5.41 Å². The molecule has 1 N–H and O–H groups in total. The maximum absolute atomic E-state index is 14.8. The average molecular weight is 537 g/mol. The highest BCUT2D eigenvalue weighted by molar-refractivity contribution is 5.94. The standard InChI is InChI=1S/C28H27F3N6O2/c1-15(18-4-3-5-19(24(18)29)25(30)31)33-26-20-10-22-23(11-21(20)34-16(2)35-26)39-13-17-12-36(8-9-37(17)22)27(38)28(14-32)6-7-28/h3-5,10-11,15,17,25H,6-9,12-13H2,1-2H3,(H,33,34,35)/t15-,17-/m1/s1. The normalized spacial score (nSPS) is 20.1. The van der Waals surface area contributed by atoms with Gasteiger partial charge in [-0.1, -0.05) is 18.2 Å². The maximum Gasteiger partial charge on any atom is 0.266 e. The van der Waals surface area contributed by atoms with Gasteiger partial charge in [-0.2, -0.15) is 5.26 Å². The van der Waals surface area contributed by atoms with E-state index in [4.69, 9.17) is 4.74 Å². The van der Waals surface area contributed by atoms with Gasteiger partial charge in [-0.25, -0.2) is 23.1 Å². The topological polar surface area (TPSA) is 94.4 Å². The van der Waals surface area contributed by atoms with E-state index in [0.29, 0.717) is 67.4 Å². The summed E-state index contributed by atoms with van der Waals surface area (Å²) in [6, 6.07) is 9.22. The highest BCUT2D eigenvalue weighted by Crippen LogP contribution is 2.47. The smallest absolute Gasteiger partial charge is 0.266 e. The monoisotopic (exact) mass is 536 g/mol. The molecule has 1 saturated carbocycles. The molecular weight excluding hydrogens is 509 g/mol. The van der Waals surface area contributed by atoms with Crippen molar-refractivity contribution in [2.75, 3.05) is 36.5 Å². The molecule has 11 heteroatoms. The second-order valence-corrected chi connectivity index (χ2v) is 10.5. The number of amides is 1. The zero-order chi connectivity index (χ0) is 27.5. The van der Waals surface area contributed by atoms with Crippen molar-refractivity contribution in [1.29, 1.82) is 5.26 Å². The minimum atomic E-state index is -2.91. The first-order chi connectivity index (χ1) is 18.7. The molecule has 0 bridgehead atoms. The summed E-state index contributed by atoms with van der Waals surface area (Å²) in [7, 11) is 0. The fourth-order valence-corrected chi connectivity index (χ4v) is 5.55. The molecule has 3 heterocycles. The number of nitrogens with zero attached hydrogens (tertiary/aromatic N) is 5. The predicted octanol–water partition coefficient (Wildman–Crippen LogP) is 4.90. The first-order valence-corrected chi connectivity index (χ1v) is 13.0. The third kappa shape index (κ3) is 4.28. The number of carbonyl (C=O) groups is 1. The van der Waals surface area contributed by atoms with Gasteiger partial charge in [0.2, 0.25) is 5.91 Å². The van der Waals surface area contributed by atoms with E-state index in [0.717, 1.165) is 11.8 Å². The van der Waals surface area contributed by atoms with Gasteiger partial charge in [-0.15, -0.1) is 0 Å². The van der Waals surface area contributed by atoms with Crippen LogP contribution in [0.1, 0.15) is 49.2 Å². The van der Waals surface area contributed by atoms with Crippen molar-refractivity contribution in [3.05, 3.63) is 53.1 Å². The second kappa shape index (κ2) is 9.29. The van der Waals surface area contributed by atoms with Crippen LogP contribution < -0.4 is 15.0 Å². The van der Waals surface area contributed by atoms with E-state index in [2.05, 4.69) is 26.3 Å². The molecule has 2 aliphatic heterocycles. The number of hydrogen-bond donors (Lipinski definition) is 1. The van der Waals surface area contributed by atoms with Gasteiger partial charge in [0.15, 0.2) is 0 Å². The zero-order valence-electron chi connectivity index (χ0n) is 21.5. The average Bonchev–Trinajstić information content (AvgIpc) is 3.72. The van der Waals surface area contributed by atoms with E-state index in [1.54, 1.807) is 18.7 Å². The van der Waals surface area contributed by atoms with Gasteiger partial charge in [0.05, 0.1) is 34.9 Å². The van der Waals surface area contributed by atoms with Crippen LogP contribution in [0.3, 0.4) is 0 Å². The van der Waals surface area contributed by atoms with E-state index in [1.165, 1.54) is 12.1 Å². The molecule has 3 aromatic rings. The van der Waals surface area contributed by atoms with Gasteiger partial charge in [0, 0.05) is 36.7 Å². The Morgan fingerprint density at radius 1 is 1.23 bits per heavy atom. The summed E-state index contributed by atoms with van der Waals surface area (Å²) in [4.78, 5) is 26.0. The van der Waals surface area contributed by atoms with Crippen molar-refractivity contribution < 1.29 is 22.7 Å². The molecule has 0 unspecified atom stereocenters. The quantitative estimate of drug-likeness (QED) is 0.496. The van der Waals surface area contributed by atoms with Crippen LogP contribution in [0.5, 0.6) is 5.75 Å². The molecule has 8 nitrogen and oxygen atoms in total. The Labute approximate surface area is 223 Å². The highest BCUT2D eigenvalue weighted by atomic mass is 19.3. The molecular formula is C28H27F3N6O2. The number of aromatic nitrogens is 2. The molecule has 0 radical (unpaired) electrons. The van der Waals surface area contributed by atoms with Crippen LogP contribution in [0, 0.1) is 29.5 Å². The molecule has 3 aliphatic rings. The number of rotatable bonds is 5. The van der Waals surface area contributed by atoms with Crippen LogP contribution in [0.4, 0.5) is 24.7 Å². The highest BCUT2D eigenvalue weighted by Gasteiger charge is 2.53. The first-order valence-electron chi connectivity index (χ1n) is 13.0. The molecule has 2 fully saturated rings. The zero-order valence-corrected chi connectivity index (χ0v) is 21.5. The lowest BCUT2D eigenvalue weighted by Gasteiger charge is -2.46. The first kappa shape index (κ1) is 25.2. The fourth-order valence-electron chi connectivity index (χ4n) is 5.55. The van der Waals surface area contributed by atoms with Crippen molar-refractivity contribution in [2.45, 2.75) is 45.2 Å². The van der Waals surface area contributed by atoms with Gasteiger partial charge in [-0.05, 0) is 32.8 Å². The summed E-state index contributed by atoms with van der Waals surface area (Å²) < 4.78 is 47.5. The number of carbonyl (C=O) groups excluding carboxylic acids is 1. The molecule has 2 atom stereocenters. The number of hydrogen-bond acceptors (Lipinski definition) is 7. The Morgan fingerprint density at radius 3 is 2.72 bits per heavy atom. The summed E-state index contributed by atoms with van der Waals surface area (Å²) >= 11 is 0. The molecule has 0 spiro atoms. The summed E-state index contributed by atoms with van der Waals surface area (Å²) in [5.74, 6) is 0.581. The largest absolute Gasteiger partial charge is 0.489 e. The Hall–Kier alpha value is -4.07. The van der Waals surface area contributed by atoms with Crippen molar-refractivity contribution in [3.63, 3.8) is 0 Å². The van der Waals surface area contributed by atoms with Gasteiger partial charge in [0.1, 0.15) is 35.2 Å². The molecule has 6 rings (SSSR count). The van der Waals surface area contributed by atoms with Crippen molar-refractivity contribution in [1.82, 2.24) is 14.9 Å². The van der Waals surface area contributed by atoms with E-state index in [-0.39, 0.29) is 17.5 Å². The van der Waals surface area contributed by atoms with E-state index in [1.807, 2.05) is 12.1 Å². The van der Waals surface area contributed by atoms with Gasteiger partial charge in [-0.3, -0.25) is 4.79 Å². The van der Waals surface area contributed by atoms with Crippen LogP contribution in [0.25, 0.3) is 10.9 Å². The van der Waals surface area contributed by atoms with E-state index in [9.17, 15) is 23.2 Å². The number of nitrogens with one attached hydrogen (secondary N) is 1. The number of ether oxygens (including phenoxy) is 1. The number of aryl methyl sites for hydroxylation is 1. The summed E-state index contributed by atoms with van der Waals surface area (Å²) in [6.45, 7) is 5.38. The summed E-state index contributed by atoms with van der Waals surface area (Å²) in [5.41, 5.74) is 0.0929. The van der Waals surface area contributed by atoms with Crippen LogP contribution in [0.15, 0.2) is 30.3 Å². The van der Waals surface area contributed by atoms with Gasteiger partial charge >= 0.3 is 0 Å². The lowest BCUT2D eigenvalue weighted by molar-refractivity contribution is -0.136. The minimum Gasteiger partial charge on any atom is -0.489 e. The number of nitriles is 1. The maximum atomic E-state index is 14.8. The molecule has 1 saturated heterocycles. The van der Waals surface area contributed by atoms with Gasteiger partial charge < -0.3 is 19.9 Å². The number of piperazine rings is 1. The van der Waals surface area contributed by atoms with E-state index >= 15 is 0 Å². The van der Waals surface area contributed by atoms with Crippen LogP contribution in [-0.4, -0.2) is 53.1 Å². The molecule has 1 amide bonds. The second-order valence-electron chi connectivity index (χ2n) is 10.5. The fraction of sp³-hybridized carbons (Fsp3) is 0.429. The molecule has 202 valence electrons. The van der Waals surface area contributed by atoms with Crippen LogP contribution in [0.2, 0.25) is 0 Å². The molecule has 1 aliphatic carbocycles. The van der Waals surface area contributed by atoms with Gasteiger partial charge in [0.25, 0.3) is 6.43 Å². The lowest BCUT2D eigenvalue weighted by Crippen LogP contribution is -2.59. The Morgan fingerprint density at radius 2 is 2.00 bits per heavy atom. The minimum absolute atomic E-state index is 0.0741. The summed E-state index contributed by atoms with van der Waals surface area (Å²) in [6.07, 6.45) is -1.69. The Balaban J connectivity index is 1.31. The van der Waals surface area contributed by atoms with Crippen molar-refractivity contribution in [3.8, 4) is 11.8 Å². The van der Waals surface area contributed by atoms with E-state index < -0.39 is 29.3 Å². The molecule has 1 aromatic heterocycles. The molecule has 2 aromatic carbocycles. The number of benzene rings is 2. The number of fused-ring (bicyclic) bond motifs is 4. The lowest BCUT2D eigenvalue weighted by atomic mass is 10.0. The summed E-state index contributed by atoms with van der Waals surface area (Å²) in [5, 5.41) is 13.3. The SMILES string of the molecule is Cc1nc(N[C@H](C)c2cccc(C(F)F)c2F)c2cc3c(cc2n1)OC[C@H]1CN(C(=O)C2(C#N)CC2)CCN31. The van der Waals surface area contributed by atoms with Crippen LogP contribution in [-0.2, 0) is 4.79 Å². The van der Waals surface area contributed by atoms with Crippen LogP contribution >= 0.6 is 0 Å². The Bertz CT molecular complexity index is 1520. The molecule has 39 heavy (non-hydrogen) atoms. The van der Waals surface area contributed by atoms with Crippen molar-refractivity contribution >= 4 is 28.3 Å². The third-order valence-electron chi connectivity index (χ3n) is 7.89. The third-order valence-corrected chi connectivity index (χ3v) is 7.89. The number of alkyl halides is 2. The predicted molar refractivity (Wildman–Crippen MR) is 138 cm³/mol. The number of anilines is 2.